The standard InChI is InChI=1S/C16H22N2OS/c1-4-9-17-15(14-8-6-5-7-12(14)2)11-20-16-18-13(3)10-19-16/h5-8,10,15,17H,4,9,11H2,1-3H3. The molecule has 1 atom stereocenters. The Hall–Kier alpha value is -1.26. The summed E-state index contributed by atoms with van der Waals surface area (Å²) in [6.07, 6.45) is 2.83. The Balaban J connectivity index is 2.05. The molecule has 1 heterocycles. The fourth-order valence-corrected chi connectivity index (χ4v) is 3.04. The van der Waals surface area contributed by atoms with Crippen LogP contribution in [0.15, 0.2) is 40.2 Å². The Morgan fingerprint density at radius 2 is 2.10 bits per heavy atom. The summed E-state index contributed by atoms with van der Waals surface area (Å²) in [6.45, 7) is 7.31. The van der Waals surface area contributed by atoms with Crippen LogP contribution in [0.4, 0.5) is 0 Å². The summed E-state index contributed by atoms with van der Waals surface area (Å²) >= 11 is 1.66. The van der Waals surface area contributed by atoms with Gasteiger partial charge >= 0.3 is 0 Å². The molecule has 0 saturated heterocycles. The zero-order valence-corrected chi connectivity index (χ0v) is 13.2. The Labute approximate surface area is 125 Å². The van der Waals surface area contributed by atoms with Crippen LogP contribution in [0.25, 0.3) is 0 Å². The summed E-state index contributed by atoms with van der Waals surface area (Å²) in [5.41, 5.74) is 3.61. The highest BCUT2D eigenvalue weighted by Crippen LogP contribution is 2.26. The van der Waals surface area contributed by atoms with E-state index in [1.807, 2.05) is 6.92 Å². The first-order chi connectivity index (χ1) is 9.70. The van der Waals surface area contributed by atoms with Crippen LogP contribution in [0.1, 0.15) is 36.2 Å². The van der Waals surface area contributed by atoms with Crippen molar-refractivity contribution in [3.05, 3.63) is 47.3 Å². The molecule has 0 radical (unpaired) electrons. The highest BCUT2D eigenvalue weighted by atomic mass is 32.2. The summed E-state index contributed by atoms with van der Waals surface area (Å²) in [7, 11) is 0. The molecule has 0 bridgehead atoms. The van der Waals surface area contributed by atoms with Crippen molar-refractivity contribution < 1.29 is 4.42 Å². The number of aryl methyl sites for hydroxylation is 2. The van der Waals surface area contributed by atoms with Crippen LogP contribution in [0.3, 0.4) is 0 Å². The third-order valence-corrected chi connectivity index (χ3v) is 4.11. The first kappa shape index (κ1) is 15.1. The molecule has 3 nitrogen and oxygen atoms in total. The molecule has 0 aliphatic heterocycles. The number of hydrogen-bond donors (Lipinski definition) is 1. The number of aromatic nitrogens is 1. The van der Waals surface area contributed by atoms with E-state index in [2.05, 4.69) is 48.4 Å². The average molecular weight is 290 g/mol. The zero-order valence-electron chi connectivity index (χ0n) is 12.3. The molecule has 0 aliphatic carbocycles. The number of hydrogen-bond acceptors (Lipinski definition) is 4. The fraction of sp³-hybridized carbons (Fsp3) is 0.438. The van der Waals surface area contributed by atoms with Gasteiger partial charge in [-0.1, -0.05) is 43.0 Å². The van der Waals surface area contributed by atoms with Crippen molar-refractivity contribution >= 4 is 11.8 Å². The molecule has 0 saturated carbocycles. The van der Waals surface area contributed by atoms with E-state index in [4.69, 9.17) is 4.42 Å². The molecule has 4 heteroatoms. The van der Waals surface area contributed by atoms with E-state index in [0.29, 0.717) is 6.04 Å². The second-order valence-electron chi connectivity index (χ2n) is 4.93. The Morgan fingerprint density at radius 3 is 2.75 bits per heavy atom. The highest BCUT2D eigenvalue weighted by Gasteiger charge is 2.14. The maximum absolute atomic E-state index is 5.41. The minimum absolute atomic E-state index is 0.327. The average Bonchev–Trinajstić information content (AvgIpc) is 2.86. The van der Waals surface area contributed by atoms with Gasteiger partial charge in [-0.2, -0.15) is 0 Å². The molecular formula is C16H22N2OS. The van der Waals surface area contributed by atoms with Crippen LogP contribution in [-0.4, -0.2) is 17.3 Å². The first-order valence-electron chi connectivity index (χ1n) is 7.04. The number of oxazole rings is 1. The summed E-state index contributed by atoms with van der Waals surface area (Å²) in [5, 5.41) is 4.36. The number of rotatable bonds is 7. The van der Waals surface area contributed by atoms with Gasteiger partial charge in [0, 0.05) is 11.8 Å². The van der Waals surface area contributed by atoms with Crippen molar-refractivity contribution in [1.82, 2.24) is 10.3 Å². The van der Waals surface area contributed by atoms with Crippen molar-refractivity contribution in [3.8, 4) is 0 Å². The maximum atomic E-state index is 5.41. The third kappa shape index (κ3) is 4.12. The van der Waals surface area contributed by atoms with Crippen LogP contribution >= 0.6 is 11.8 Å². The van der Waals surface area contributed by atoms with E-state index in [1.54, 1.807) is 18.0 Å². The fourth-order valence-electron chi connectivity index (χ4n) is 2.11. The van der Waals surface area contributed by atoms with Crippen molar-refractivity contribution in [3.63, 3.8) is 0 Å². The number of thioether (sulfide) groups is 1. The Bertz CT molecular complexity index is 539. The van der Waals surface area contributed by atoms with Crippen molar-refractivity contribution in [2.45, 2.75) is 38.5 Å². The smallest absolute Gasteiger partial charge is 0.255 e. The zero-order chi connectivity index (χ0) is 14.4. The predicted molar refractivity (Wildman–Crippen MR) is 84.2 cm³/mol. The van der Waals surface area contributed by atoms with E-state index in [9.17, 15) is 0 Å². The van der Waals surface area contributed by atoms with Gasteiger partial charge in [-0.3, -0.25) is 0 Å². The number of benzene rings is 1. The summed E-state index contributed by atoms with van der Waals surface area (Å²) in [6, 6.07) is 8.87. The lowest BCUT2D eigenvalue weighted by Gasteiger charge is -2.20. The summed E-state index contributed by atoms with van der Waals surface area (Å²) in [5.74, 6) is 0.921. The topological polar surface area (TPSA) is 38.1 Å². The van der Waals surface area contributed by atoms with E-state index in [0.717, 1.165) is 29.6 Å². The van der Waals surface area contributed by atoms with Crippen molar-refractivity contribution in [2.24, 2.45) is 0 Å². The minimum Gasteiger partial charge on any atom is -0.440 e. The van der Waals surface area contributed by atoms with E-state index < -0.39 is 0 Å². The molecule has 1 N–H and O–H groups in total. The van der Waals surface area contributed by atoms with E-state index in [1.165, 1.54) is 11.1 Å². The molecule has 0 amide bonds. The Morgan fingerprint density at radius 1 is 1.30 bits per heavy atom. The van der Waals surface area contributed by atoms with Gasteiger partial charge < -0.3 is 9.73 Å². The number of nitrogens with zero attached hydrogens (tertiary/aromatic N) is 1. The van der Waals surface area contributed by atoms with Gasteiger partial charge in [-0.05, 0) is 37.9 Å². The first-order valence-corrected chi connectivity index (χ1v) is 8.03. The van der Waals surface area contributed by atoms with Gasteiger partial charge in [0.1, 0.15) is 6.26 Å². The van der Waals surface area contributed by atoms with Crippen LogP contribution in [0, 0.1) is 13.8 Å². The molecular weight excluding hydrogens is 268 g/mol. The molecule has 1 unspecified atom stereocenters. The second-order valence-corrected chi connectivity index (χ2v) is 5.90. The SMILES string of the molecule is CCCNC(CSc1nc(C)co1)c1ccccc1C. The third-order valence-electron chi connectivity index (χ3n) is 3.18. The number of nitrogens with one attached hydrogen (secondary N) is 1. The molecule has 2 rings (SSSR count). The van der Waals surface area contributed by atoms with Gasteiger partial charge in [-0.25, -0.2) is 4.98 Å². The highest BCUT2D eigenvalue weighted by molar-refractivity contribution is 7.99. The second kappa shape index (κ2) is 7.50. The van der Waals surface area contributed by atoms with E-state index >= 15 is 0 Å². The lowest BCUT2D eigenvalue weighted by atomic mass is 10.0. The van der Waals surface area contributed by atoms with Gasteiger partial charge in [0.2, 0.25) is 0 Å². The Kier molecular flexibility index (Phi) is 5.68. The lowest BCUT2D eigenvalue weighted by molar-refractivity contribution is 0.453. The van der Waals surface area contributed by atoms with Crippen molar-refractivity contribution in [1.29, 1.82) is 0 Å². The predicted octanol–water partition coefficient (Wildman–Crippen LogP) is 4.12. The normalized spacial score (nSPS) is 12.6. The molecule has 2 aromatic rings. The molecule has 1 aromatic carbocycles. The quantitative estimate of drug-likeness (QED) is 0.778. The lowest BCUT2D eigenvalue weighted by Crippen LogP contribution is -2.24. The maximum Gasteiger partial charge on any atom is 0.255 e. The monoisotopic (exact) mass is 290 g/mol. The largest absolute Gasteiger partial charge is 0.440 e. The van der Waals surface area contributed by atoms with Crippen LogP contribution in [0.5, 0.6) is 0 Å². The van der Waals surface area contributed by atoms with Crippen LogP contribution in [0.2, 0.25) is 0 Å². The van der Waals surface area contributed by atoms with Gasteiger partial charge in [0.25, 0.3) is 5.22 Å². The van der Waals surface area contributed by atoms with Gasteiger partial charge in [0.15, 0.2) is 0 Å². The molecule has 0 aliphatic rings. The van der Waals surface area contributed by atoms with Crippen molar-refractivity contribution in [2.75, 3.05) is 12.3 Å². The molecule has 108 valence electrons. The van der Waals surface area contributed by atoms with Gasteiger partial charge in [-0.15, -0.1) is 0 Å². The minimum atomic E-state index is 0.327. The molecule has 0 fully saturated rings. The van der Waals surface area contributed by atoms with Gasteiger partial charge in [0.05, 0.1) is 5.69 Å². The molecule has 0 spiro atoms. The van der Waals surface area contributed by atoms with E-state index in [-0.39, 0.29) is 0 Å². The molecule has 1 aromatic heterocycles. The molecule has 20 heavy (non-hydrogen) atoms. The summed E-state index contributed by atoms with van der Waals surface area (Å²) in [4.78, 5) is 4.35. The van der Waals surface area contributed by atoms with Crippen LogP contribution < -0.4 is 5.32 Å². The van der Waals surface area contributed by atoms with Crippen LogP contribution in [-0.2, 0) is 0 Å². The summed E-state index contributed by atoms with van der Waals surface area (Å²) < 4.78 is 5.41.